The molecule has 0 heterocycles. The Bertz CT molecular complexity index is 316. The second-order valence-electron chi connectivity index (χ2n) is 8.77. The van der Waals surface area contributed by atoms with Crippen LogP contribution in [0.1, 0.15) is 73.1 Å². The van der Waals surface area contributed by atoms with Gasteiger partial charge in [-0.05, 0) is 69.4 Å². The van der Waals surface area contributed by atoms with Crippen molar-refractivity contribution in [1.29, 1.82) is 0 Å². The molecule has 124 valence electrons. The van der Waals surface area contributed by atoms with E-state index in [1.54, 1.807) is 0 Å². The van der Waals surface area contributed by atoms with Crippen molar-refractivity contribution >= 4 is 0 Å². The second-order valence-corrected chi connectivity index (χ2v) is 8.77. The van der Waals surface area contributed by atoms with Crippen molar-refractivity contribution in [3.63, 3.8) is 0 Å². The van der Waals surface area contributed by atoms with Crippen molar-refractivity contribution < 1.29 is 0 Å². The smallest absolute Gasteiger partial charge is 0.0274 e. The Kier molecular flexibility index (Phi) is 5.76. The molecule has 2 aliphatic carbocycles. The Morgan fingerprint density at radius 2 is 1.71 bits per heavy atom. The fourth-order valence-electron chi connectivity index (χ4n) is 5.03. The third-order valence-electron chi connectivity index (χ3n) is 6.25. The van der Waals surface area contributed by atoms with Crippen LogP contribution in [-0.2, 0) is 0 Å². The van der Waals surface area contributed by atoms with Crippen molar-refractivity contribution in [3.05, 3.63) is 0 Å². The molecule has 21 heavy (non-hydrogen) atoms. The third-order valence-corrected chi connectivity index (χ3v) is 6.25. The van der Waals surface area contributed by atoms with Crippen LogP contribution in [0.15, 0.2) is 0 Å². The minimum Gasteiger partial charge on any atom is -0.313 e. The molecule has 2 saturated carbocycles. The summed E-state index contributed by atoms with van der Waals surface area (Å²) in [6, 6.07) is 2.22. The summed E-state index contributed by atoms with van der Waals surface area (Å²) in [5.74, 6) is 1.69. The predicted molar refractivity (Wildman–Crippen MR) is 92.6 cm³/mol. The normalized spacial score (nSPS) is 37.9. The number of hydrogen-bond acceptors (Lipinski definition) is 2. The molecule has 0 amide bonds. The minimum absolute atomic E-state index is 0.575. The van der Waals surface area contributed by atoms with Crippen molar-refractivity contribution in [2.45, 2.75) is 91.3 Å². The van der Waals surface area contributed by atoms with Gasteiger partial charge in [0, 0.05) is 18.1 Å². The van der Waals surface area contributed by atoms with Gasteiger partial charge in [-0.15, -0.1) is 0 Å². The second kappa shape index (κ2) is 7.00. The van der Waals surface area contributed by atoms with E-state index < -0.39 is 0 Å². The van der Waals surface area contributed by atoms with Crippen molar-refractivity contribution in [1.82, 2.24) is 10.2 Å². The number of nitrogens with zero attached hydrogens (tertiary/aromatic N) is 1. The molecular formula is C19H38N2. The number of rotatable bonds is 4. The molecule has 0 bridgehead atoms. The van der Waals surface area contributed by atoms with Gasteiger partial charge in [-0.1, -0.05) is 34.6 Å². The fraction of sp³-hybridized carbons (Fsp3) is 1.00. The molecule has 2 nitrogen and oxygen atoms in total. The number of likely N-dealkylation sites (N-methyl/N-ethyl adjacent to an activating group) is 2. The van der Waals surface area contributed by atoms with Gasteiger partial charge in [0.05, 0.1) is 0 Å². The van der Waals surface area contributed by atoms with E-state index >= 15 is 0 Å². The Morgan fingerprint density at radius 1 is 1.10 bits per heavy atom. The van der Waals surface area contributed by atoms with E-state index in [4.69, 9.17) is 0 Å². The zero-order chi connectivity index (χ0) is 15.6. The first-order chi connectivity index (χ1) is 9.84. The van der Waals surface area contributed by atoms with Crippen LogP contribution in [0.3, 0.4) is 0 Å². The standard InChI is InChI=1S/C19H38N2/c1-7-20-17-13-14(2)12-15(3)18(17)21(6)16-8-10-19(4,5)11-9-16/h14-18,20H,7-13H2,1-6H3. The molecule has 2 heteroatoms. The van der Waals surface area contributed by atoms with E-state index in [9.17, 15) is 0 Å². The zero-order valence-electron chi connectivity index (χ0n) is 15.3. The van der Waals surface area contributed by atoms with Crippen LogP contribution < -0.4 is 5.32 Å². The lowest BCUT2D eigenvalue weighted by atomic mass is 9.72. The zero-order valence-corrected chi connectivity index (χ0v) is 15.3. The highest BCUT2D eigenvalue weighted by atomic mass is 15.2. The van der Waals surface area contributed by atoms with E-state index in [0.717, 1.165) is 30.5 Å². The van der Waals surface area contributed by atoms with Gasteiger partial charge in [-0.3, -0.25) is 4.90 Å². The number of hydrogen-bond donors (Lipinski definition) is 1. The molecule has 4 atom stereocenters. The Morgan fingerprint density at radius 3 is 2.29 bits per heavy atom. The van der Waals surface area contributed by atoms with Crippen LogP contribution >= 0.6 is 0 Å². The Hall–Kier alpha value is -0.0800. The van der Waals surface area contributed by atoms with Crippen molar-refractivity contribution in [2.24, 2.45) is 17.3 Å². The molecule has 0 aromatic rings. The van der Waals surface area contributed by atoms with Crippen LogP contribution in [0.25, 0.3) is 0 Å². The molecule has 4 unspecified atom stereocenters. The molecule has 0 spiro atoms. The van der Waals surface area contributed by atoms with E-state index in [2.05, 4.69) is 51.9 Å². The van der Waals surface area contributed by atoms with Crippen molar-refractivity contribution in [2.75, 3.05) is 13.6 Å². The van der Waals surface area contributed by atoms with Crippen LogP contribution in [0, 0.1) is 17.3 Å². The van der Waals surface area contributed by atoms with Gasteiger partial charge in [0.1, 0.15) is 0 Å². The topological polar surface area (TPSA) is 15.3 Å². The first kappa shape index (κ1) is 17.3. The van der Waals surface area contributed by atoms with Crippen LogP contribution in [0.4, 0.5) is 0 Å². The summed E-state index contributed by atoms with van der Waals surface area (Å²) in [6.45, 7) is 13.1. The van der Waals surface area contributed by atoms with Gasteiger partial charge in [0.25, 0.3) is 0 Å². The van der Waals surface area contributed by atoms with Crippen molar-refractivity contribution in [3.8, 4) is 0 Å². The predicted octanol–water partition coefficient (Wildman–Crippen LogP) is 4.30. The molecule has 2 aliphatic rings. The summed E-state index contributed by atoms with van der Waals surface area (Å²) < 4.78 is 0. The average molecular weight is 295 g/mol. The molecule has 0 aromatic heterocycles. The molecule has 2 fully saturated rings. The average Bonchev–Trinajstić information content (AvgIpc) is 2.37. The van der Waals surface area contributed by atoms with Crippen LogP contribution in [0.2, 0.25) is 0 Å². The molecular weight excluding hydrogens is 256 g/mol. The lowest BCUT2D eigenvalue weighted by Crippen LogP contribution is -2.58. The maximum atomic E-state index is 3.79. The third kappa shape index (κ3) is 4.22. The lowest BCUT2D eigenvalue weighted by Gasteiger charge is -2.49. The number of nitrogens with one attached hydrogen (secondary N) is 1. The SMILES string of the molecule is CCNC1CC(C)CC(C)C1N(C)C1CCC(C)(C)CC1. The maximum Gasteiger partial charge on any atom is 0.0274 e. The fourth-order valence-corrected chi connectivity index (χ4v) is 5.03. The lowest BCUT2D eigenvalue weighted by molar-refractivity contribution is 0.0243. The maximum absolute atomic E-state index is 3.79. The van der Waals surface area contributed by atoms with E-state index in [1.165, 1.54) is 38.5 Å². The summed E-state index contributed by atoms with van der Waals surface area (Å²) in [4.78, 5) is 2.76. The largest absolute Gasteiger partial charge is 0.313 e. The summed E-state index contributed by atoms with van der Waals surface area (Å²) in [5.41, 5.74) is 0.575. The highest BCUT2D eigenvalue weighted by Crippen LogP contribution is 2.39. The van der Waals surface area contributed by atoms with Gasteiger partial charge >= 0.3 is 0 Å². The molecule has 0 radical (unpaired) electrons. The molecule has 0 aromatic carbocycles. The summed E-state index contributed by atoms with van der Waals surface area (Å²) >= 11 is 0. The minimum atomic E-state index is 0.575. The van der Waals surface area contributed by atoms with Gasteiger partial charge in [0.15, 0.2) is 0 Å². The molecule has 2 rings (SSSR count). The Labute approximate surface area is 133 Å². The Balaban J connectivity index is 2.02. The van der Waals surface area contributed by atoms with E-state index in [0.29, 0.717) is 11.5 Å². The highest BCUT2D eigenvalue weighted by molar-refractivity contribution is 4.96. The van der Waals surface area contributed by atoms with Crippen LogP contribution in [-0.4, -0.2) is 36.6 Å². The van der Waals surface area contributed by atoms with Crippen LogP contribution in [0.5, 0.6) is 0 Å². The molecule has 1 N–H and O–H groups in total. The van der Waals surface area contributed by atoms with Gasteiger partial charge in [0.2, 0.25) is 0 Å². The van der Waals surface area contributed by atoms with Gasteiger partial charge in [-0.25, -0.2) is 0 Å². The first-order valence-electron chi connectivity index (χ1n) is 9.29. The van der Waals surface area contributed by atoms with Gasteiger partial charge < -0.3 is 5.32 Å². The van der Waals surface area contributed by atoms with Gasteiger partial charge in [-0.2, -0.15) is 0 Å². The van der Waals surface area contributed by atoms with E-state index in [1.807, 2.05) is 0 Å². The summed E-state index contributed by atoms with van der Waals surface area (Å²) in [7, 11) is 2.41. The summed E-state index contributed by atoms with van der Waals surface area (Å²) in [6.07, 6.45) is 8.32. The highest BCUT2D eigenvalue weighted by Gasteiger charge is 2.39. The van der Waals surface area contributed by atoms with E-state index in [-0.39, 0.29) is 0 Å². The first-order valence-corrected chi connectivity index (χ1v) is 9.29. The summed E-state index contributed by atoms with van der Waals surface area (Å²) in [5, 5.41) is 3.79. The monoisotopic (exact) mass is 294 g/mol. The molecule has 0 saturated heterocycles. The quantitative estimate of drug-likeness (QED) is 0.831. The molecule has 0 aliphatic heterocycles.